The second-order valence-electron chi connectivity index (χ2n) is 5.35. The molecule has 0 unspecified atom stereocenters. The van der Waals surface area contributed by atoms with Gasteiger partial charge in [0.15, 0.2) is 9.84 Å². The van der Waals surface area contributed by atoms with Crippen LogP contribution in [0.5, 0.6) is 0 Å². The number of aryl methyl sites for hydroxylation is 1. The Labute approximate surface area is 139 Å². The molecule has 2 heterocycles. The normalized spacial score (nSPS) is 11.4. The molecule has 0 spiro atoms. The van der Waals surface area contributed by atoms with Gasteiger partial charge in [-0.2, -0.15) is 10.1 Å². The average molecular weight is 344 g/mol. The van der Waals surface area contributed by atoms with Gasteiger partial charge in [0.25, 0.3) is 0 Å². The Morgan fingerprint density at radius 2 is 1.92 bits per heavy atom. The summed E-state index contributed by atoms with van der Waals surface area (Å²) in [5, 5.41) is 9.95. The molecule has 8 nitrogen and oxygen atoms in total. The first-order chi connectivity index (χ1) is 11.3. The number of sulfone groups is 1. The van der Waals surface area contributed by atoms with Crippen LogP contribution in [0.1, 0.15) is 5.69 Å². The number of nitrogens with zero attached hydrogens (tertiary/aromatic N) is 3. The number of nitrogen functional groups attached to an aromatic ring is 1. The Bertz CT molecular complexity index is 979. The van der Waals surface area contributed by atoms with Crippen molar-refractivity contribution in [1.29, 1.82) is 0 Å². The lowest BCUT2D eigenvalue weighted by Crippen LogP contribution is -2.02. The molecule has 0 atom stereocenters. The smallest absolute Gasteiger partial charge is 0.229 e. The van der Waals surface area contributed by atoms with E-state index in [4.69, 9.17) is 5.73 Å². The van der Waals surface area contributed by atoms with Crippen molar-refractivity contribution in [2.24, 2.45) is 0 Å². The fraction of sp³-hybridized carbons (Fsp3) is 0.133. The highest BCUT2D eigenvalue weighted by molar-refractivity contribution is 7.90. The van der Waals surface area contributed by atoms with Gasteiger partial charge in [-0.1, -0.05) is 0 Å². The molecule has 0 aliphatic heterocycles. The zero-order valence-electron chi connectivity index (χ0n) is 13.1. The molecule has 0 aliphatic rings. The van der Waals surface area contributed by atoms with E-state index in [0.29, 0.717) is 28.7 Å². The van der Waals surface area contributed by atoms with Crippen molar-refractivity contribution in [1.82, 2.24) is 20.2 Å². The van der Waals surface area contributed by atoms with E-state index in [-0.39, 0.29) is 4.90 Å². The first-order valence-corrected chi connectivity index (χ1v) is 8.94. The Balaban J connectivity index is 1.82. The van der Waals surface area contributed by atoms with Crippen LogP contribution in [0, 0.1) is 6.92 Å². The summed E-state index contributed by atoms with van der Waals surface area (Å²) < 4.78 is 22.9. The minimum Gasteiger partial charge on any atom is -0.383 e. The van der Waals surface area contributed by atoms with E-state index in [9.17, 15) is 8.42 Å². The van der Waals surface area contributed by atoms with E-state index < -0.39 is 9.84 Å². The molecule has 24 heavy (non-hydrogen) atoms. The molecular weight excluding hydrogens is 328 g/mol. The van der Waals surface area contributed by atoms with Gasteiger partial charge in [-0.25, -0.2) is 13.4 Å². The SMILES string of the molecule is Cc1cc(-c2cnc(Nc3ccc(S(C)(=O)=O)cc3)nc2N)n[nH]1. The van der Waals surface area contributed by atoms with Crippen LogP contribution >= 0.6 is 0 Å². The number of rotatable bonds is 4. The lowest BCUT2D eigenvalue weighted by atomic mass is 10.2. The summed E-state index contributed by atoms with van der Waals surface area (Å²) in [6, 6.07) is 8.16. The molecule has 0 saturated heterocycles. The molecule has 0 amide bonds. The predicted molar refractivity (Wildman–Crippen MR) is 91.6 cm³/mol. The third-order valence-electron chi connectivity index (χ3n) is 3.34. The molecule has 0 saturated carbocycles. The van der Waals surface area contributed by atoms with Crippen LogP contribution in [-0.4, -0.2) is 34.8 Å². The highest BCUT2D eigenvalue weighted by Gasteiger charge is 2.10. The third-order valence-corrected chi connectivity index (χ3v) is 4.47. The molecular formula is C15H16N6O2S. The van der Waals surface area contributed by atoms with Crippen LogP contribution in [0.15, 0.2) is 41.4 Å². The quantitative estimate of drug-likeness (QED) is 0.659. The van der Waals surface area contributed by atoms with Crippen molar-refractivity contribution in [3.05, 3.63) is 42.2 Å². The summed E-state index contributed by atoms with van der Waals surface area (Å²) in [4.78, 5) is 8.67. The molecule has 0 aliphatic carbocycles. The number of nitrogens with one attached hydrogen (secondary N) is 2. The minimum absolute atomic E-state index is 0.248. The van der Waals surface area contributed by atoms with E-state index in [0.717, 1.165) is 11.9 Å². The zero-order valence-corrected chi connectivity index (χ0v) is 13.9. The van der Waals surface area contributed by atoms with Crippen molar-refractivity contribution in [2.45, 2.75) is 11.8 Å². The molecule has 4 N–H and O–H groups in total. The largest absolute Gasteiger partial charge is 0.383 e. The molecule has 0 fully saturated rings. The number of anilines is 3. The predicted octanol–water partition coefficient (Wildman–Crippen LogP) is 1.90. The van der Waals surface area contributed by atoms with Gasteiger partial charge in [0.1, 0.15) is 5.82 Å². The van der Waals surface area contributed by atoms with Crippen molar-refractivity contribution >= 4 is 27.3 Å². The van der Waals surface area contributed by atoms with Gasteiger partial charge in [-0.05, 0) is 37.3 Å². The topological polar surface area (TPSA) is 127 Å². The van der Waals surface area contributed by atoms with Crippen molar-refractivity contribution in [2.75, 3.05) is 17.3 Å². The summed E-state index contributed by atoms with van der Waals surface area (Å²) in [6.45, 7) is 1.89. The molecule has 1 aromatic carbocycles. The second kappa shape index (κ2) is 5.93. The summed E-state index contributed by atoms with van der Waals surface area (Å²) in [5.41, 5.74) is 8.86. The van der Waals surface area contributed by atoms with Gasteiger partial charge >= 0.3 is 0 Å². The van der Waals surface area contributed by atoms with Gasteiger partial charge in [-0.15, -0.1) is 0 Å². The minimum atomic E-state index is -3.22. The maximum Gasteiger partial charge on any atom is 0.229 e. The van der Waals surface area contributed by atoms with Gasteiger partial charge in [-0.3, -0.25) is 5.10 Å². The summed E-state index contributed by atoms with van der Waals surface area (Å²) >= 11 is 0. The third kappa shape index (κ3) is 3.35. The average Bonchev–Trinajstić information content (AvgIpc) is 2.93. The van der Waals surface area contributed by atoms with Gasteiger partial charge < -0.3 is 11.1 Å². The molecule has 124 valence electrons. The van der Waals surface area contributed by atoms with E-state index >= 15 is 0 Å². The first kappa shape index (κ1) is 15.9. The van der Waals surface area contributed by atoms with E-state index in [1.165, 1.54) is 12.1 Å². The second-order valence-corrected chi connectivity index (χ2v) is 7.37. The van der Waals surface area contributed by atoms with Gasteiger partial charge in [0.05, 0.1) is 16.2 Å². The number of aromatic amines is 1. The maximum atomic E-state index is 11.5. The van der Waals surface area contributed by atoms with Gasteiger partial charge in [0.2, 0.25) is 5.95 Å². The number of H-pyrrole nitrogens is 1. The number of benzene rings is 1. The Morgan fingerprint density at radius 1 is 1.21 bits per heavy atom. The Kier molecular flexibility index (Phi) is 3.94. The number of hydrogen-bond donors (Lipinski definition) is 3. The number of nitrogens with two attached hydrogens (primary N) is 1. The number of hydrogen-bond acceptors (Lipinski definition) is 7. The first-order valence-electron chi connectivity index (χ1n) is 7.05. The van der Waals surface area contributed by atoms with E-state index in [2.05, 4.69) is 25.5 Å². The van der Waals surface area contributed by atoms with Crippen LogP contribution in [0.2, 0.25) is 0 Å². The summed E-state index contributed by atoms with van der Waals surface area (Å²) in [5.74, 6) is 0.613. The highest BCUT2D eigenvalue weighted by atomic mass is 32.2. The van der Waals surface area contributed by atoms with Crippen LogP contribution < -0.4 is 11.1 Å². The summed E-state index contributed by atoms with van der Waals surface area (Å²) in [7, 11) is -3.22. The van der Waals surface area contributed by atoms with Crippen molar-refractivity contribution in [3.8, 4) is 11.3 Å². The lowest BCUT2D eigenvalue weighted by Gasteiger charge is -2.08. The van der Waals surface area contributed by atoms with Gasteiger partial charge in [0, 0.05) is 23.8 Å². The molecule has 9 heteroatoms. The van der Waals surface area contributed by atoms with Crippen LogP contribution in [-0.2, 0) is 9.84 Å². The molecule has 2 aromatic heterocycles. The molecule has 3 rings (SSSR count). The lowest BCUT2D eigenvalue weighted by molar-refractivity contribution is 0.602. The van der Waals surface area contributed by atoms with Crippen LogP contribution in [0.25, 0.3) is 11.3 Å². The fourth-order valence-corrected chi connectivity index (χ4v) is 2.75. The monoisotopic (exact) mass is 344 g/mol. The van der Waals surface area contributed by atoms with Crippen LogP contribution in [0.3, 0.4) is 0 Å². The summed E-state index contributed by atoms with van der Waals surface area (Å²) in [6.07, 6.45) is 2.75. The molecule has 0 bridgehead atoms. The van der Waals surface area contributed by atoms with Crippen molar-refractivity contribution in [3.63, 3.8) is 0 Å². The molecule has 3 aromatic rings. The standard InChI is InChI=1S/C15H16N6O2S/c1-9-7-13(21-20-9)12-8-17-15(19-14(12)16)18-10-3-5-11(6-4-10)24(2,22)23/h3-8H,1-2H3,(H,20,21)(H3,16,17,18,19). The van der Waals surface area contributed by atoms with E-state index in [1.54, 1.807) is 18.3 Å². The Morgan fingerprint density at radius 3 is 2.46 bits per heavy atom. The van der Waals surface area contributed by atoms with Crippen molar-refractivity contribution < 1.29 is 8.42 Å². The maximum absolute atomic E-state index is 11.5. The number of aromatic nitrogens is 4. The Hall–Kier alpha value is -2.94. The van der Waals surface area contributed by atoms with Crippen LogP contribution in [0.4, 0.5) is 17.5 Å². The molecule has 0 radical (unpaired) electrons. The van der Waals surface area contributed by atoms with E-state index in [1.807, 2.05) is 13.0 Å². The zero-order chi connectivity index (χ0) is 17.3. The fourth-order valence-electron chi connectivity index (χ4n) is 2.12. The highest BCUT2D eigenvalue weighted by Crippen LogP contribution is 2.24.